The lowest BCUT2D eigenvalue weighted by Gasteiger charge is -2.15. The molecule has 2 heterocycles. The van der Waals surface area contributed by atoms with Gasteiger partial charge in [-0.05, 0) is 36.2 Å². The Morgan fingerprint density at radius 1 is 1.19 bits per heavy atom. The molecule has 9 heteroatoms. The number of hydrogen-bond acceptors (Lipinski definition) is 7. The van der Waals surface area contributed by atoms with Crippen molar-refractivity contribution >= 4 is 67.9 Å². The number of nitrogens with one attached hydrogen (secondary N) is 2. The van der Waals surface area contributed by atoms with E-state index >= 15 is 0 Å². The number of aromatic hydroxyl groups is 1. The quantitative estimate of drug-likeness (QED) is 0.274. The van der Waals surface area contributed by atoms with E-state index in [1.165, 1.54) is 23.1 Å². The molecule has 1 aliphatic rings. The molecule has 1 aliphatic heterocycles. The number of unbranched alkanes of at least 4 members (excludes halogenated alkanes) is 1. The smallest absolute Gasteiger partial charge is 0.261 e. The van der Waals surface area contributed by atoms with E-state index in [2.05, 4.69) is 41.2 Å². The minimum atomic E-state index is -3.89. The summed E-state index contributed by atoms with van der Waals surface area (Å²) in [7, 11) is -3.89. The van der Waals surface area contributed by atoms with Crippen molar-refractivity contribution in [2.75, 3.05) is 10.0 Å². The van der Waals surface area contributed by atoms with Gasteiger partial charge in [0, 0.05) is 33.1 Å². The summed E-state index contributed by atoms with van der Waals surface area (Å²) in [4.78, 5) is 5.33. The van der Waals surface area contributed by atoms with Crippen molar-refractivity contribution in [2.24, 2.45) is 0 Å². The van der Waals surface area contributed by atoms with Crippen LogP contribution in [0.15, 0.2) is 74.9 Å². The van der Waals surface area contributed by atoms with Gasteiger partial charge in [-0.1, -0.05) is 68.6 Å². The maximum absolute atomic E-state index is 13.4. The number of sulfonamides is 1. The number of hydrogen-bond donors (Lipinski definition) is 3. The lowest BCUT2D eigenvalue weighted by atomic mass is 10.1. The SMILES string of the molecule is C=C1Cc2cc(S(=O)(=O)Nc3cc(Sc4n/c(=C/CCC)c(=C)s4)c(O)c4ccccc34)ccc2N1. The Morgan fingerprint density at radius 3 is 2.75 bits per heavy atom. The molecule has 0 spiro atoms. The van der Waals surface area contributed by atoms with Crippen LogP contribution in [0, 0.1) is 0 Å². The van der Waals surface area contributed by atoms with E-state index in [0.717, 1.165) is 44.0 Å². The Labute approximate surface area is 218 Å². The second kappa shape index (κ2) is 9.65. The number of allylic oxidation sites excluding steroid dienone is 1. The first-order valence-corrected chi connectivity index (χ1v) is 14.6. The molecule has 0 atom stereocenters. The molecule has 0 fully saturated rings. The number of fused-ring (bicyclic) bond motifs is 2. The van der Waals surface area contributed by atoms with Gasteiger partial charge in [-0.2, -0.15) is 0 Å². The largest absolute Gasteiger partial charge is 0.506 e. The molecule has 5 rings (SSSR count). The highest BCUT2D eigenvalue weighted by molar-refractivity contribution is 8.01. The molecule has 0 amide bonds. The summed E-state index contributed by atoms with van der Waals surface area (Å²) in [6, 6.07) is 13.8. The van der Waals surface area contributed by atoms with Crippen LogP contribution in [0.25, 0.3) is 23.4 Å². The first-order valence-electron chi connectivity index (χ1n) is 11.4. The monoisotopic (exact) mass is 535 g/mol. The summed E-state index contributed by atoms with van der Waals surface area (Å²) in [5.41, 5.74) is 2.98. The highest BCUT2D eigenvalue weighted by Gasteiger charge is 2.22. The fourth-order valence-electron chi connectivity index (χ4n) is 4.09. The van der Waals surface area contributed by atoms with Gasteiger partial charge in [-0.25, -0.2) is 13.4 Å². The van der Waals surface area contributed by atoms with E-state index in [4.69, 9.17) is 0 Å². The molecule has 36 heavy (non-hydrogen) atoms. The van der Waals surface area contributed by atoms with Crippen molar-refractivity contribution in [3.63, 3.8) is 0 Å². The Morgan fingerprint density at radius 2 is 1.97 bits per heavy atom. The van der Waals surface area contributed by atoms with Crippen LogP contribution in [0.1, 0.15) is 25.3 Å². The standard InChI is InChI=1S/C27H25N3O3S3/c1-4-5-10-22-17(3)34-27(29-22)35-25-15-24(20-8-6-7-9-21(20)26(25)31)30-36(32,33)19-11-12-23-18(14-19)13-16(2)28-23/h6-12,14-15,28,30-31H,2-5,13H2,1H3/b22-10+. The number of nitrogens with zero attached hydrogens (tertiary/aromatic N) is 1. The van der Waals surface area contributed by atoms with Crippen LogP contribution in [0.4, 0.5) is 11.4 Å². The maximum atomic E-state index is 13.4. The molecule has 3 N–H and O–H groups in total. The van der Waals surface area contributed by atoms with E-state index < -0.39 is 10.0 Å². The van der Waals surface area contributed by atoms with Crippen molar-refractivity contribution in [3.8, 4) is 5.75 Å². The van der Waals surface area contributed by atoms with E-state index in [0.29, 0.717) is 27.8 Å². The van der Waals surface area contributed by atoms with E-state index in [1.54, 1.807) is 36.4 Å². The third kappa shape index (κ3) is 4.74. The molecule has 0 saturated heterocycles. The van der Waals surface area contributed by atoms with Gasteiger partial charge in [0.25, 0.3) is 10.0 Å². The molecule has 3 aromatic carbocycles. The van der Waals surface area contributed by atoms with Gasteiger partial charge in [-0.15, -0.1) is 11.3 Å². The third-order valence-corrected chi connectivity index (χ3v) is 9.24. The van der Waals surface area contributed by atoms with Crippen molar-refractivity contribution in [1.29, 1.82) is 0 Å². The van der Waals surface area contributed by atoms with E-state index in [-0.39, 0.29) is 10.6 Å². The minimum Gasteiger partial charge on any atom is -0.506 e. The Hall–Kier alpha value is -3.27. The zero-order chi connectivity index (χ0) is 25.4. The number of benzene rings is 3. The molecule has 0 aliphatic carbocycles. The highest BCUT2D eigenvalue weighted by atomic mass is 32.2. The van der Waals surface area contributed by atoms with Gasteiger partial charge in [0.15, 0.2) is 4.34 Å². The number of thiazole rings is 1. The topological polar surface area (TPSA) is 91.3 Å². The molecule has 0 unspecified atom stereocenters. The summed E-state index contributed by atoms with van der Waals surface area (Å²) < 4.78 is 31.1. The van der Waals surface area contributed by atoms with Crippen LogP contribution in [0.3, 0.4) is 0 Å². The Bertz CT molecular complexity index is 1730. The van der Waals surface area contributed by atoms with Crippen LogP contribution in [0.5, 0.6) is 5.75 Å². The first kappa shape index (κ1) is 24.4. The van der Waals surface area contributed by atoms with Crippen LogP contribution < -0.4 is 19.9 Å². The lowest BCUT2D eigenvalue weighted by Crippen LogP contribution is -2.18. The predicted octanol–water partition coefficient (Wildman–Crippen LogP) is 5.43. The molecule has 0 saturated carbocycles. The number of phenols is 1. The second-order valence-electron chi connectivity index (χ2n) is 8.53. The van der Waals surface area contributed by atoms with Crippen LogP contribution in [0.2, 0.25) is 0 Å². The molecular formula is C27H25N3O3S3. The molecule has 6 nitrogen and oxygen atoms in total. The average molecular weight is 536 g/mol. The van der Waals surface area contributed by atoms with Gasteiger partial charge < -0.3 is 10.4 Å². The van der Waals surface area contributed by atoms with E-state index in [1.807, 2.05) is 12.1 Å². The minimum absolute atomic E-state index is 0.0839. The number of rotatable bonds is 7. The Kier molecular flexibility index (Phi) is 6.55. The van der Waals surface area contributed by atoms with E-state index in [9.17, 15) is 13.5 Å². The van der Waals surface area contributed by atoms with Gasteiger partial charge in [0.2, 0.25) is 0 Å². The van der Waals surface area contributed by atoms with Crippen molar-refractivity contribution in [2.45, 2.75) is 40.3 Å². The van der Waals surface area contributed by atoms with Gasteiger partial charge in [0.1, 0.15) is 5.75 Å². The summed E-state index contributed by atoms with van der Waals surface area (Å²) in [5.74, 6) is 0.0839. The predicted molar refractivity (Wildman–Crippen MR) is 150 cm³/mol. The summed E-state index contributed by atoms with van der Waals surface area (Å²) in [5, 5.41) is 16.2. The molecule has 0 bridgehead atoms. The lowest BCUT2D eigenvalue weighted by molar-refractivity contribution is 0.469. The zero-order valence-electron chi connectivity index (χ0n) is 19.7. The Balaban J connectivity index is 1.54. The van der Waals surface area contributed by atoms with Crippen LogP contribution in [-0.4, -0.2) is 18.5 Å². The summed E-state index contributed by atoms with van der Waals surface area (Å²) in [6.07, 6.45) is 4.58. The molecule has 1 aromatic heterocycles. The van der Waals surface area contributed by atoms with Gasteiger partial charge in [-0.3, -0.25) is 4.72 Å². The fourth-order valence-corrected chi connectivity index (χ4v) is 7.25. The number of anilines is 2. The first-order chi connectivity index (χ1) is 17.2. The normalized spacial score (nSPS) is 13.7. The van der Waals surface area contributed by atoms with Gasteiger partial charge >= 0.3 is 0 Å². The molecule has 4 aromatic rings. The zero-order valence-corrected chi connectivity index (χ0v) is 22.1. The molecule has 0 radical (unpaired) electrons. The van der Waals surface area contributed by atoms with Crippen molar-refractivity contribution in [3.05, 3.63) is 76.3 Å². The van der Waals surface area contributed by atoms with Crippen LogP contribution >= 0.6 is 23.1 Å². The third-order valence-electron chi connectivity index (χ3n) is 5.86. The summed E-state index contributed by atoms with van der Waals surface area (Å²) in [6.45, 7) is 10.1. The highest BCUT2D eigenvalue weighted by Crippen LogP contribution is 2.43. The average Bonchev–Trinajstić information content (AvgIpc) is 3.40. The fraction of sp³-hybridized carbons (Fsp3) is 0.148. The molecule has 184 valence electrons. The van der Waals surface area contributed by atoms with Crippen molar-refractivity contribution in [1.82, 2.24) is 4.98 Å². The maximum Gasteiger partial charge on any atom is 0.261 e. The van der Waals surface area contributed by atoms with Gasteiger partial charge in [0.05, 0.1) is 20.8 Å². The second-order valence-corrected chi connectivity index (χ2v) is 12.6. The van der Waals surface area contributed by atoms with Crippen molar-refractivity contribution < 1.29 is 13.5 Å². The summed E-state index contributed by atoms with van der Waals surface area (Å²) >= 11 is 2.74. The number of aromatic nitrogens is 1. The van der Waals surface area contributed by atoms with Crippen LogP contribution in [-0.2, 0) is 16.4 Å². The number of phenolic OH excluding ortho intramolecular Hbond substituents is 1. The molecular weight excluding hydrogens is 511 g/mol.